The minimum atomic E-state index is -0.286. The third-order valence-electron chi connectivity index (χ3n) is 6.86. The Morgan fingerprint density at radius 1 is 0.818 bits per heavy atom. The topological polar surface area (TPSA) is 45.2 Å². The summed E-state index contributed by atoms with van der Waals surface area (Å²) in [5, 5.41) is 0. The van der Waals surface area contributed by atoms with Gasteiger partial charge in [-0.15, -0.1) is 0 Å². The van der Waals surface area contributed by atoms with Gasteiger partial charge in [0.25, 0.3) is 0 Å². The van der Waals surface area contributed by atoms with Crippen molar-refractivity contribution in [3.8, 4) is 0 Å². The van der Waals surface area contributed by atoms with E-state index in [9.17, 15) is 4.79 Å². The van der Waals surface area contributed by atoms with Crippen molar-refractivity contribution < 1.29 is 14.3 Å². The van der Waals surface area contributed by atoms with Gasteiger partial charge >= 0.3 is 5.97 Å². The molecule has 2 heterocycles. The van der Waals surface area contributed by atoms with E-state index in [0.29, 0.717) is 17.6 Å². The van der Waals surface area contributed by atoms with Gasteiger partial charge in [0.1, 0.15) is 0 Å². The molecular weight excluding hydrogens is 414 g/mol. The maximum atomic E-state index is 11.7. The fourth-order valence-corrected chi connectivity index (χ4v) is 5.01. The number of hydrogen-bond donors (Lipinski definition) is 0. The Morgan fingerprint density at radius 2 is 1.30 bits per heavy atom. The number of morpholine rings is 1. The average molecular weight is 452 g/mol. The number of hydrogen-bond acceptors (Lipinski definition) is 6. The van der Waals surface area contributed by atoms with E-state index in [-0.39, 0.29) is 5.97 Å². The summed E-state index contributed by atoms with van der Waals surface area (Å²) in [5.41, 5.74) is 4.59. The Balaban J connectivity index is 1.29. The summed E-state index contributed by atoms with van der Waals surface area (Å²) < 4.78 is 10.2. The van der Waals surface area contributed by atoms with Gasteiger partial charge in [0, 0.05) is 57.9 Å². The highest BCUT2D eigenvalue weighted by Gasteiger charge is 2.29. The molecule has 2 fully saturated rings. The quantitative estimate of drug-likeness (QED) is 0.602. The van der Waals surface area contributed by atoms with Gasteiger partial charge in [-0.05, 0) is 42.7 Å². The molecule has 2 aromatic rings. The summed E-state index contributed by atoms with van der Waals surface area (Å²) >= 11 is 0. The van der Waals surface area contributed by atoms with E-state index in [0.717, 1.165) is 59.0 Å². The summed E-state index contributed by atoms with van der Waals surface area (Å²) in [7, 11) is 1.42. The molecule has 4 rings (SSSR count). The van der Waals surface area contributed by atoms with Crippen molar-refractivity contribution in [1.82, 2.24) is 14.7 Å². The van der Waals surface area contributed by atoms with Gasteiger partial charge in [0.15, 0.2) is 0 Å². The van der Waals surface area contributed by atoms with Crippen LogP contribution >= 0.6 is 0 Å². The van der Waals surface area contributed by atoms with Crippen LogP contribution in [0.25, 0.3) is 0 Å². The minimum Gasteiger partial charge on any atom is -0.465 e. The molecule has 0 amide bonds. The lowest BCUT2D eigenvalue weighted by Crippen LogP contribution is -2.55. The van der Waals surface area contributed by atoms with Gasteiger partial charge in [-0.3, -0.25) is 14.7 Å². The third kappa shape index (κ3) is 6.42. The first-order valence-corrected chi connectivity index (χ1v) is 12.0. The number of carbonyl (C=O) groups excluding carboxylic acids is 1. The van der Waals surface area contributed by atoms with Gasteiger partial charge in [0.05, 0.1) is 25.9 Å². The molecule has 0 unspecified atom stereocenters. The molecule has 0 saturated carbocycles. The molecule has 0 N–H and O–H groups in total. The van der Waals surface area contributed by atoms with Crippen LogP contribution in [0.15, 0.2) is 48.5 Å². The van der Waals surface area contributed by atoms with Gasteiger partial charge in [-0.2, -0.15) is 0 Å². The van der Waals surface area contributed by atoms with Gasteiger partial charge in [-0.25, -0.2) is 4.79 Å². The Labute approximate surface area is 198 Å². The molecule has 2 atom stereocenters. The van der Waals surface area contributed by atoms with Crippen molar-refractivity contribution in [2.45, 2.75) is 45.6 Å². The first kappa shape index (κ1) is 23.9. The molecule has 33 heavy (non-hydrogen) atoms. The fourth-order valence-electron chi connectivity index (χ4n) is 5.01. The molecule has 2 aromatic carbocycles. The first-order valence-electron chi connectivity index (χ1n) is 12.0. The fraction of sp³-hybridized carbons (Fsp3) is 0.519. The second-order valence-electron chi connectivity index (χ2n) is 9.46. The van der Waals surface area contributed by atoms with E-state index in [1.807, 2.05) is 24.3 Å². The van der Waals surface area contributed by atoms with E-state index in [1.54, 1.807) is 0 Å². The number of ether oxygens (including phenoxy) is 2. The van der Waals surface area contributed by atoms with Crippen LogP contribution < -0.4 is 0 Å². The molecule has 0 spiro atoms. The molecule has 2 aliphatic rings. The van der Waals surface area contributed by atoms with Crippen molar-refractivity contribution in [1.29, 1.82) is 0 Å². The monoisotopic (exact) mass is 451 g/mol. The van der Waals surface area contributed by atoms with Crippen LogP contribution in [0.1, 0.15) is 40.9 Å². The highest BCUT2D eigenvalue weighted by molar-refractivity contribution is 5.89. The van der Waals surface area contributed by atoms with Crippen LogP contribution in [0, 0.1) is 0 Å². The second-order valence-corrected chi connectivity index (χ2v) is 9.46. The van der Waals surface area contributed by atoms with Gasteiger partial charge in [-0.1, -0.05) is 36.4 Å². The summed E-state index contributed by atoms with van der Waals surface area (Å²) in [6.07, 6.45) is 0. The Kier molecular flexibility index (Phi) is 8.15. The van der Waals surface area contributed by atoms with E-state index in [1.165, 1.54) is 23.8 Å². The summed E-state index contributed by atoms with van der Waals surface area (Å²) in [6, 6.07) is 17.9. The number of rotatable bonds is 7. The maximum Gasteiger partial charge on any atom is 0.337 e. The molecule has 2 saturated heterocycles. The zero-order chi connectivity index (χ0) is 23.2. The lowest BCUT2D eigenvalue weighted by Gasteiger charge is -2.44. The first-order chi connectivity index (χ1) is 16.0. The van der Waals surface area contributed by atoms with Crippen molar-refractivity contribution in [3.05, 3.63) is 70.8 Å². The molecule has 0 aromatic heterocycles. The highest BCUT2D eigenvalue weighted by atomic mass is 16.5. The van der Waals surface area contributed by atoms with Crippen LogP contribution in [0.3, 0.4) is 0 Å². The Morgan fingerprint density at radius 3 is 1.85 bits per heavy atom. The Bertz CT molecular complexity index is 882. The summed E-state index contributed by atoms with van der Waals surface area (Å²) in [6.45, 7) is 13.4. The molecule has 0 radical (unpaired) electrons. The number of esters is 1. The predicted molar refractivity (Wildman–Crippen MR) is 130 cm³/mol. The van der Waals surface area contributed by atoms with Crippen LogP contribution in [0.2, 0.25) is 0 Å². The number of nitrogens with zero attached hydrogens (tertiary/aromatic N) is 3. The highest BCUT2D eigenvalue weighted by Crippen LogP contribution is 2.21. The molecule has 6 heteroatoms. The second kappa shape index (κ2) is 11.3. The number of carbonyl (C=O) groups is 1. The predicted octanol–water partition coefficient (Wildman–Crippen LogP) is 3.40. The number of piperazine rings is 1. The van der Waals surface area contributed by atoms with Gasteiger partial charge < -0.3 is 9.47 Å². The van der Waals surface area contributed by atoms with Crippen LogP contribution in [0.4, 0.5) is 0 Å². The van der Waals surface area contributed by atoms with Crippen LogP contribution in [-0.2, 0) is 29.1 Å². The molecule has 2 aliphatic heterocycles. The minimum absolute atomic E-state index is 0.286. The molecule has 178 valence electrons. The lowest BCUT2D eigenvalue weighted by molar-refractivity contribution is 0.0290. The van der Waals surface area contributed by atoms with E-state index < -0.39 is 0 Å². The van der Waals surface area contributed by atoms with Crippen LogP contribution in [0.5, 0.6) is 0 Å². The van der Waals surface area contributed by atoms with E-state index >= 15 is 0 Å². The van der Waals surface area contributed by atoms with E-state index in [4.69, 9.17) is 9.47 Å². The van der Waals surface area contributed by atoms with Crippen molar-refractivity contribution >= 4 is 5.97 Å². The zero-order valence-corrected chi connectivity index (χ0v) is 20.2. The zero-order valence-electron chi connectivity index (χ0n) is 20.2. The third-order valence-corrected chi connectivity index (χ3v) is 6.86. The van der Waals surface area contributed by atoms with Crippen molar-refractivity contribution in [2.75, 3.05) is 46.5 Å². The number of methoxy groups -OCH3 is 1. The normalized spacial score (nSPS) is 22.9. The number of benzene rings is 2. The standard InChI is InChI=1S/C27H37N3O3/c1-21-16-29(19-24-8-10-26(11-9-24)27(31)32-3)17-22(2)30(21)20-25-6-4-23(5-7-25)18-28-12-14-33-15-13-28/h4-11,21-22H,12-20H2,1-3H3/t21-,22+. The summed E-state index contributed by atoms with van der Waals surface area (Å²) in [5.74, 6) is -0.286. The van der Waals surface area contributed by atoms with Crippen LogP contribution in [-0.4, -0.2) is 79.3 Å². The lowest BCUT2D eigenvalue weighted by atomic mass is 10.0. The molecular formula is C27H37N3O3. The average Bonchev–Trinajstić information content (AvgIpc) is 2.83. The summed E-state index contributed by atoms with van der Waals surface area (Å²) in [4.78, 5) is 19.3. The van der Waals surface area contributed by atoms with Crippen molar-refractivity contribution in [3.63, 3.8) is 0 Å². The molecule has 0 aliphatic carbocycles. The van der Waals surface area contributed by atoms with Crippen molar-refractivity contribution in [2.24, 2.45) is 0 Å². The SMILES string of the molecule is COC(=O)c1ccc(CN2C[C@@H](C)N(Cc3ccc(CN4CCOCC4)cc3)[C@@H](C)C2)cc1. The van der Waals surface area contributed by atoms with Gasteiger partial charge in [0.2, 0.25) is 0 Å². The maximum absolute atomic E-state index is 11.7. The smallest absolute Gasteiger partial charge is 0.337 e. The van der Waals surface area contributed by atoms with E-state index in [2.05, 4.69) is 52.8 Å². The Hall–Kier alpha value is -2.25. The largest absolute Gasteiger partial charge is 0.465 e. The molecule has 6 nitrogen and oxygen atoms in total. The molecule has 0 bridgehead atoms.